The maximum Gasteiger partial charge on any atom is 0.246 e. The van der Waals surface area contributed by atoms with E-state index >= 15 is 0 Å². The minimum atomic E-state index is -3.66. The number of nitrogens with zero attached hydrogens (tertiary/aromatic N) is 1. The van der Waals surface area contributed by atoms with Crippen LogP contribution >= 0.6 is 0 Å². The molecule has 0 bridgehead atoms. The van der Waals surface area contributed by atoms with Gasteiger partial charge >= 0.3 is 0 Å². The molecule has 1 saturated heterocycles. The van der Waals surface area contributed by atoms with E-state index in [1.165, 1.54) is 4.31 Å². The zero-order chi connectivity index (χ0) is 22.4. The molecule has 2 atom stereocenters. The highest BCUT2D eigenvalue weighted by atomic mass is 32.2. The summed E-state index contributed by atoms with van der Waals surface area (Å²) in [7, 11) is -2.10. The molecule has 2 N–H and O–H groups in total. The molecule has 1 fully saturated rings. The standard InChI is InChI=1S/C22H27N3O5S/c1-16(21(26)24-18-10-12-19(30-2)13-11-18)23-22(27)17-7-6-14-25(15-17)31(28,29)20-8-4-3-5-9-20/h3-5,8-13,16-17H,6-7,14-15H2,1-2H3,(H,23,27)(H,24,26)/t16-,17?/m1/s1. The van der Waals surface area contributed by atoms with Crippen LogP contribution < -0.4 is 15.4 Å². The molecule has 0 spiro atoms. The molecule has 0 radical (unpaired) electrons. The van der Waals surface area contributed by atoms with E-state index in [0.717, 1.165) is 0 Å². The first kappa shape index (κ1) is 22.8. The van der Waals surface area contributed by atoms with E-state index in [1.54, 1.807) is 68.6 Å². The van der Waals surface area contributed by atoms with Crippen molar-refractivity contribution in [1.29, 1.82) is 0 Å². The molecule has 0 aliphatic carbocycles. The molecule has 0 aromatic heterocycles. The third kappa shape index (κ3) is 5.62. The Kier molecular flexibility index (Phi) is 7.29. The molecule has 1 heterocycles. The van der Waals surface area contributed by atoms with Crippen molar-refractivity contribution >= 4 is 27.5 Å². The third-order valence-electron chi connectivity index (χ3n) is 5.25. The monoisotopic (exact) mass is 445 g/mol. The lowest BCUT2D eigenvalue weighted by molar-refractivity contribution is -0.129. The lowest BCUT2D eigenvalue weighted by Gasteiger charge is -2.31. The molecule has 1 aliphatic rings. The van der Waals surface area contributed by atoms with E-state index in [1.807, 2.05) is 0 Å². The average molecular weight is 446 g/mol. The second-order valence-corrected chi connectivity index (χ2v) is 9.40. The summed E-state index contributed by atoms with van der Waals surface area (Å²) >= 11 is 0. The van der Waals surface area contributed by atoms with Gasteiger partial charge in [0.15, 0.2) is 0 Å². The molecule has 31 heavy (non-hydrogen) atoms. The van der Waals surface area contributed by atoms with E-state index in [2.05, 4.69) is 10.6 Å². The normalized spacial score (nSPS) is 18.1. The number of rotatable bonds is 7. The molecular formula is C22H27N3O5S. The maximum absolute atomic E-state index is 12.9. The van der Waals surface area contributed by atoms with Crippen LogP contribution in [0.15, 0.2) is 59.5 Å². The van der Waals surface area contributed by atoms with Gasteiger partial charge in [0.1, 0.15) is 11.8 Å². The van der Waals surface area contributed by atoms with Crippen molar-refractivity contribution in [2.45, 2.75) is 30.7 Å². The van der Waals surface area contributed by atoms with Crippen molar-refractivity contribution in [1.82, 2.24) is 9.62 Å². The summed E-state index contributed by atoms with van der Waals surface area (Å²) in [5.41, 5.74) is 0.588. The summed E-state index contributed by atoms with van der Waals surface area (Å²) in [5.74, 6) is -0.524. The quantitative estimate of drug-likeness (QED) is 0.680. The van der Waals surface area contributed by atoms with Crippen molar-refractivity contribution in [3.63, 3.8) is 0 Å². The van der Waals surface area contributed by atoms with Crippen LogP contribution in [0.4, 0.5) is 5.69 Å². The number of piperidine rings is 1. The van der Waals surface area contributed by atoms with Gasteiger partial charge < -0.3 is 15.4 Å². The molecule has 0 saturated carbocycles. The SMILES string of the molecule is COc1ccc(NC(=O)[C@@H](C)NC(=O)C2CCCN(S(=O)(=O)c3ccccc3)C2)cc1. The van der Waals surface area contributed by atoms with Crippen LogP contribution in [-0.4, -0.2) is 50.8 Å². The van der Waals surface area contributed by atoms with Gasteiger partial charge in [-0.1, -0.05) is 18.2 Å². The van der Waals surface area contributed by atoms with Gasteiger partial charge in [-0.25, -0.2) is 8.42 Å². The lowest BCUT2D eigenvalue weighted by Crippen LogP contribution is -2.49. The van der Waals surface area contributed by atoms with Crippen molar-refractivity contribution in [2.24, 2.45) is 5.92 Å². The van der Waals surface area contributed by atoms with Gasteiger partial charge in [-0.2, -0.15) is 4.31 Å². The van der Waals surface area contributed by atoms with Crippen LogP contribution in [0.25, 0.3) is 0 Å². The molecule has 3 rings (SSSR count). The first-order valence-corrected chi connectivity index (χ1v) is 11.6. The smallest absolute Gasteiger partial charge is 0.246 e. The van der Waals surface area contributed by atoms with Crippen molar-refractivity contribution in [3.8, 4) is 5.75 Å². The fourth-order valence-corrected chi connectivity index (χ4v) is 4.98. The minimum absolute atomic E-state index is 0.0931. The molecule has 2 amide bonds. The number of anilines is 1. The van der Waals surface area contributed by atoms with Crippen LogP contribution in [0.5, 0.6) is 5.75 Å². The molecule has 2 aromatic rings. The number of carbonyl (C=O) groups is 2. The minimum Gasteiger partial charge on any atom is -0.497 e. The van der Waals surface area contributed by atoms with Crippen molar-refractivity contribution in [2.75, 3.05) is 25.5 Å². The summed E-state index contributed by atoms with van der Waals surface area (Å²) < 4.78 is 32.1. The Morgan fingerprint density at radius 1 is 1.10 bits per heavy atom. The van der Waals surface area contributed by atoms with Crippen molar-refractivity contribution < 1.29 is 22.7 Å². The van der Waals surface area contributed by atoms with Crippen molar-refractivity contribution in [3.05, 3.63) is 54.6 Å². The number of nitrogens with one attached hydrogen (secondary N) is 2. The van der Waals surface area contributed by atoms with E-state index in [-0.39, 0.29) is 23.3 Å². The Bertz CT molecular complexity index is 1010. The number of carbonyl (C=O) groups excluding carboxylic acids is 2. The van der Waals surface area contributed by atoms with Gasteiger partial charge in [0.25, 0.3) is 0 Å². The summed E-state index contributed by atoms with van der Waals surface area (Å²) in [5, 5.41) is 5.45. The van der Waals surface area contributed by atoms with Crippen LogP contribution in [0, 0.1) is 5.92 Å². The number of amides is 2. The Morgan fingerprint density at radius 2 is 1.77 bits per heavy atom. The number of ether oxygens (including phenoxy) is 1. The number of hydrogen-bond acceptors (Lipinski definition) is 5. The highest BCUT2D eigenvalue weighted by Gasteiger charge is 2.34. The van der Waals surface area contributed by atoms with Crippen LogP contribution in [0.3, 0.4) is 0 Å². The summed E-state index contributed by atoms with van der Waals surface area (Å²) in [6.07, 6.45) is 1.15. The zero-order valence-electron chi connectivity index (χ0n) is 17.6. The second kappa shape index (κ2) is 9.93. The highest BCUT2D eigenvalue weighted by Crippen LogP contribution is 2.24. The van der Waals surface area contributed by atoms with Gasteiger partial charge in [0.05, 0.1) is 17.9 Å². The fraction of sp³-hybridized carbons (Fsp3) is 0.364. The van der Waals surface area contributed by atoms with E-state index in [9.17, 15) is 18.0 Å². The first-order chi connectivity index (χ1) is 14.8. The number of sulfonamides is 1. The Balaban J connectivity index is 1.58. The Hall–Kier alpha value is -2.91. The molecule has 2 aromatic carbocycles. The van der Waals surface area contributed by atoms with E-state index in [4.69, 9.17) is 4.74 Å². The van der Waals surface area contributed by atoms with Crippen LogP contribution in [0.2, 0.25) is 0 Å². The van der Waals surface area contributed by atoms with Gasteiger partial charge in [-0.15, -0.1) is 0 Å². The number of benzene rings is 2. The van der Waals surface area contributed by atoms with Gasteiger partial charge in [-0.3, -0.25) is 9.59 Å². The Labute approximate surface area is 182 Å². The average Bonchev–Trinajstić information content (AvgIpc) is 2.80. The van der Waals surface area contributed by atoms with Gasteiger partial charge in [0, 0.05) is 18.8 Å². The topological polar surface area (TPSA) is 105 Å². The Morgan fingerprint density at radius 3 is 2.42 bits per heavy atom. The van der Waals surface area contributed by atoms with Crippen LogP contribution in [0.1, 0.15) is 19.8 Å². The van der Waals surface area contributed by atoms with Gasteiger partial charge in [0.2, 0.25) is 21.8 Å². The molecule has 1 unspecified atom stereocenters. The molecule has 1 aliphatic heterocycles. The number of methoxy groups -OCH3 is 1. The lowest BCUT2D eigenvalue weighted by atomic mass is 9.98. The fourth-order valence-electron chi connectivity index (χ4n) is 3.44. The molecule has 166 valence electrons. The first-order valence-electron chi connectivity index (χ1n) is 10.1. The summed E-state index contributed by atoms with van der Waals surface area (Å²) in [4.78, 5) is 25.4. The van der Waals surface area contributed by atoms with E-state index < -0.39 is 22.0 Å². The molecule has 8 nitrogen and oxygen atoms in total. The van der Waals surface area contributed by atoms with Crippen LogP contribution in [-0.2, 0) is 19.6 Å². The predicted octanol–water partition coefficient (Wildman–Crippen LogP) is 2.24. The van der Waals surface area contributed by atoms with E-state index in [0.29, 0.717) is 30.8 Å². The number of hydrogen-bond donors (Lipinski definition) is 2. The maximum atomic E-state index is 12.9. The highest BCUT2D eigenvalue weighted by molar-refractivity contribution is 7.89. The summed E-state index contributed by atoms with van der Waals surface area (Å²) in [6.45, 7) is 2.06. The largest absolute Gasteiger partial charge is 0.497 e. The third-order valence-corrected chi connectivity index (χ3v) is 7.12. The second-order valence-electron chi connectivity index (χ2n) is 7.46. The predicted molar refractivity (Wildman–Crippen MR) is 117 cm³/mol. The van der Waals surface area contributed by atoms with Gasteiger partial charge in [-0.05, 0) is 56.2 Å². The summed E-state index contributed by atoms with van der Waals surface area (Å²) in [6, 6.07) is 14.3. The molecular weight excluding hydrogens is 418 g/mol. The molecule has 9 heteroatoms. The zero-order valence-corrected chi connectivity index (χ0v) is 18.4.